The van der Waals surface area contributed by atoms with E-state index in [1.54, 1.807) is 0 Å². The molecule has 2 nitrogen and oxygen atoms in total. The van der Waals surface area contributed by atoms with Crippen LogP contribution >= 0.6 is 0 Å². The maximum Gasteiger partial charge on any atom is 0.123 e. The largest absolute Gasteiger partial charge is 0.494 e. The van der Waals surface area contributed by atoms with Gasteiger partial charge in [0.15, 0.2) is 0 Å². The van der Waals surface area contributed by atoms with Crippen LogP contribution in [0.4, 0.5) is 0 Å². The first-order valence-electron chi connectivity index (χ1n) is 7.25. The van der Waals surface area contributed by atoms with E-state index in [0.29, 0.717) is 6.04 Å². The summed E-state index contributed by atoms with van der Waals surface area (Å²) < 4.78 is 5.66. The fourth-order valence-electron chi connectivity index (χ4n) is 2.81. The van der Waals surface area contributed by atoms with Crippen LogP contribution in [0.1, 0.15) is 45.1 Å². The van der Waals surface area contributed by atoms with Crippen molar-refractivity contribution in [3.8, 4) is 5.75 Å². The summed E-state index contributed by atoms with van der Waals surface area (Å²) >= 11 is 0. The molecule has 0 aliphatic heterocycles. The Bertz CT molecular complexity index is 364. The van der Waals surface area contributed by atoms with Crippen molar-refractivity contribution in [2.45, 2.75) is 52.1 Å². The lowest BCUT2D eigenvalue weighted by Crippen LogP contribution is -2.36. The Morgan fingerprint density at radius 2 is 2.00 bits per heavy atom. The molecule has 1 fully saturated rings. The number of ether oxygens (including phenoxy) is 1. The lowest BCUT2D eigenvalue weighted by molar-refractivity contribution is 0.276. The van der Waals surface area contributed by atoms with Gasteiger partial charge in [-0.15, -0.1) is 0 Å². The first-order chi connectivity index (χ1) is 8.81. The minimum Gasteiger partial charge on any atom is -0.494 e. The van der Waals surface area contributed by atoms with Crippen molar-refractivity contribution in [1.82, 2.24) is 5.32 Å². The molecule has 1 N–H and O–H groups in total. The standard InChI is InChI=1S/C16H25NO/c1-3-18-16-11-7-5-9-14(16)12-17-15-10-6-4-8-13(15)2/h5,7,9,11,13,15,17H,3-4,6,8,10,12H2,1-2H3. The number of hydrogen-bond donors (Lipinski definition) is 1. The van der Waals surface area contributed by atoms with E-state index in [2.05, 4.69) is 30.4 Å². The van der Waals surface area contributed by atoms with Crippen molar-refractivity contribution in [3.05, 3.63) is 29.8 Å². The third-order valence-electron chi connectivity index (χ3n) is 3.94. The third kappa shape index (κ3) is 3.49. The molecule has 18 heavy (non-hydrogen) atoms. The van der Waals surface area contributed by atoms with Gasteiger partial charge >= 0.3 is 0 Å². The van der Waals surface area contributed by atoms with Gasteiger partial charge in [0.05, 0.1) is 6.61 Å². The van der Waals surface area contributed by atoms with Gasteiger partial charge in [-0.1, -0.05) is 38.0 Å². The van der Waals surface area contributed by atoms with E-state index >= 15 is 0 Å². The van der Waals surface area contributed by atoms with Gasteiger partial charge in [0.1, 0.15) is 5.75 Å². The summed E-state index contributed by atoms with van der Waals surface area (Å²) in [6.07, 6.45) is 5.45. The fraction of sp³-hybridized carbons (Fsp3) is 0.625. The van der Waals surface area contributed by atoms with Crippen molar-refractivity contribution in [2.75, 3.05) is 6.61 Å². The number of para-hydroxylation sites is 1. The van der Waals surface area contributed by atoms with Crippen LogP contribution in [-0.2, 0) is 6.54 Å². The summed E-state index contributed by atoms with van der Waals surface area (Å²) in [5, 5.41) is 3.71. The molecule has 2 unspecified atom stereocenters. The molecule has 1 aliphatic rings. The Morgan fingerprint density at radius 1 is 1.22 bits per heavy atom. The van der Waals surface area contributed by atoms with Crippen molar-refractivity contribution in [2.24, 2.45) is 5.92 Å². The topological polar surface area (TPSA) is 21.3 Å². The van der Waals surface area contributed by atoms with Gasteiger partial charge in [0.25, 0.3) is 0 Å². The summed E-state index contributed by atoms with van der Waals surface area (Å²) in [5.41, 5.74) is 1.28. The Hall–Kier alpha value is -1.02. The molecule has 2 atom stereocenters. The number of benzene rings is 1. The summed E-state index contributed by atoms with van der Waals surface area (Å²) in [5.74, 6) is 1.83. The average molecular weight is 247 g/mol. The van der Waals surface area contributed by atoms with Crippen LogP contribution in [0.2, 0.25) is 0 Å². The first-order valence-corrected chi connectivity index (χ1v) is 7.25. The highest BCUT2D eigenvalue weighted by molar-refractivity contribution is 5.33. The van der Waals surface area contributed by atoms with E-state index < -0.39 is 0 Å². The summed E-state index contributed by atoms with van der Waals surface area (Å²) in [6, 6.07) is 9.02. The Kier molecular flexibility index (Phi) is 5.06. The molecule has 1 aromatic carbocycles. The number of nitrogens with one attached hydrogen (secondary N) is 1. The molecule has 1 aliphatic carbocycles. The normalized spacial score (nSPS) is 23.9. The molecule has 0 spiro atoms. The molecule has 0 bridgehead atoms. The van der Waals surface area contributed by atoms with Gasteiger partial charge in [-0.05, 0) is 31.7 Å². The Balaban J connectivity index is 1.92. The summed E-state index contributed by atoms with van der Waals surface area (Å²) in [6.45, 7) is 6.06. The molecule has 0 amide bonds. The predicted molar refractivity (Wildman–Crippen MR) is 75.9 cm³/mol. The zero-order chi connectivity index (χ0) is 12.8. The maximum absolute atomic E-state index is 5.66. The molecule has 1 aromatic rings. The van der Waals surface area contributed by atoms with E-state index in [0.717, 1.165) is 24.8 Å². The van der Waals surface area contributed by atoms with E-state index in [1.165, 1.54) is 31.2 Å². The van der Waals surface area contributed by atoms with Crippen molar-refractivity contribution in [3.63, 3.8) is 0 Å². The van der Waals surface area contributed by atoms with Crippen LogP contribution in [-0.4, -0.2) is 12.6 Å². The predicted octanol–water partition coefficient (Wildman–Crippen LogP) is 3.75. The molecule has 0 heterocycles. The zero-order valence-electron chi connectivity index (χ0n) is 11.6. The Labute approximate surface area is 111 Å². The van der Waals surface area contributed by atoms with E-state index in [9.17, 15) is 0 Å². The lowest BCUT2D eigenvalue weighted by Gasteiger charge is -2.30. The van der Waals surface area contributed by atoms with Crippen LogP contribution < -0.4 is 10.1 Å². The van der Waals surface area contributed by atoms with Gasteiger partial charge < -0.3 is 10.1 Å². The third-order valence-corrected chi connectivity index (χ3v) is 3.94. The smallest absolute Gasteiger partial charge is 0.123 e. The minimum absolute atomic E-state index is 0.674. The van der Waals surface area contributed by atoms with Gasteiger partial charge in [-0.25, -0.2) is 0 Å². The highest BCUT2D eigenvalue weighted by atomic mass is 16.5. The monoisotopic (exact) mass is 247 g/mol. The zero-order valence-corrected chi connectivity index (χ0v) is 11.6. The van der Waals surface area contributed by atoms with E-state index in [4.69, 9.17) is 4.74 Å². The molecule has 0 aromatic heterocycles. The quantitative estimate of drug-likeness (QED) is 0.855. The van der Waals surface area contributed by atoms with Gasteiger partial charge in [-0.2, -0.15) is 0 Å². The van der Waals surface area contributed by atoms with Crippen molar-refractivity contribution < 1.29 is 4.74 Å². The molecule has 0 radical (unpaired) electrons. The minimum atomic E-state index is 0.674. The van der Waals surface area contributed by atoms with Crippen molar-refractivity contribution in [1.29, 1.82) is 0 Å². The SMILES string of the molecule is CCOc1ccccc1CNC1CCCCC1C. The molecular formula is C16H25NO. The molecule has 2 rings (SSSR count). The second-order valence-electron chi connectivity index (χ2n) is 5.29. The van der Waals surface area contributed by atoms with Gasteiger partial charge in [-0.3, -0.25) is 0 Å². The number of hydrogen-bond acceptors (Lipinski definition) is 2. The van der Waals surface area contributed by atoms with Crippen LogP contribution in [0.5, 0.6) is 5.75 Å². The molecular weight excluding hydrogens is 222 g/mol. The fourth-order valence-corrected chi connectivity index (χ4v) is 2.81. The van der Waals surface area contributed by atoms with Gasteiger partial charge in [0, 0.05) is 18.2 Å². The number of rotatable bonds is 5. The maximum atomic E-state index is 5.66. The van der Waals surface area contributed by atoms with Gasteiger partial charge in [0.2, 0.25) is 0 Å². The highest BCUT2D eigenvalue weighted by Gasteiger charge is 2.20. The summed E-state index contributed by atoms with van der Waals surface area (Å²) in [7, 11) is 0. The lowest BCUT2D eigenvalue weighted by atomic mass is 9.86. The van der Waals surface area contributed by atoms with E-state index in [1.807, 2.05) is 13.0 Å². The van der Waals surface area contributed by atoms with Crippen LogP contribution in [0.15, 0.2) is 24.3 Å². The highest BCUT2D eigenvalue weighted by Crippen LogP contribution is 2.25. The van der Waals surface area contributed by atoms with Crippen LogP contribution in [0, 0.1) is 5.92 Å². The molecule has 100 valence electrons. The first kappa shape index (κ1) is 13.4. The molecule has 2 heteroatoms. The van der Waals surface area contributed by atoms with Crippen LogP contribution in [0.25, 0.3) is 0 Å². The van der Waals surface area contributed by atoms with Crippen molar-refractivity contribution >= 4 is 0 Å². The average Bonchev–Trinajstić information content (AvgIpc) is 2.40. The summed E-state index contributed by atoms with van der Waals surface area (Å²) in [4.78, 5) is 0. The Morgan fingerprint density at radius 3 is 2.78 bits per heavy atom. The second-order valence-corrected chi connectivity index (χ2v) is 5.29. The molecule has 1 saturated carbocycles. The van der Waals surface area contributed by atoms with Crippen LogP contribution in [0.3, 0.4) is 0 Å². The van der Waals surface area contributed by atoms with E-state index in [-0.39, 0.29) is 0 Å². The molecule has 0 saturated heterocycles. The second kappa shape index (κ2) is 6.79.